The van der Waals surface area contributed by atoms with Crippen LogP contribution in [-0.2, 0) is 4.74 Å². The predicted octanol–water partition coefficient (Wildman–Crippen LogP) is 0.121. The number of piperazine rings is 1. The molecule has 0 aromatic rings. The summed E-state index contributed by atoms with van der Waals surface area (Å²) >= 11 is 5.11. The van der Waals surface area contributed by atoms with E-state index < -0.39 is 0 Å². The average Bonchev–Trinajstić information content (AvgIpc) is 2.48. The molecule has 0 spiro atoms. The van der Waals surface area contributed by atoms with Crippen molar-refractivity contribution in [1.82, 2.24) is 14.7 Å². The van der Waals surface area contributed by atoms with Gasteiger partial charge in [-0.15, -0.1) is 0 Å². The Morgan fingerprint density at radius 3 is 2.20 bits per heavy atom. The third-order valence-electron chi connectivity index (χ3n) is 4.02. The van der Waals surface area contributed by atoms with Gasteiger partial charge in [-0.25, -0.2) is 4.79 Å². The van der Waals surface area contributed by atoms with E-state index in [1.54, 1.807) is 0 Å². The Kier molecular flexibility index (Phi) is 5.56. The summed E-state index contributed by atoms with van der Waals surface area (Å²) in [6, 6.07) is 0.293. The van der Waals surface area contributed by atoms with Crippen LogP contribution in [0.2, 0.25) is 0 Å². The van der Waals surface area contributed by atoms with Gasteiger partial charge in [-0.2, -0.15) is 0 Å². The molecule has 2 rings (SSSR count). The van der Waals surface area contributed by atoms with Gasteiger partial charge in [0.2, 0.25) is 0 Å². The van der Waals surface area contributed by atoms with Crippen LogP contribution < -0.4 is 5.73 Å². The van der Waals surface area contributed by atoms with Crippen molar-refractivity contribution in [3.8, 4) is 0 Å². The lowest BCUT2D eigenvalue weighted by molar-refractivity contribution is 0.0366. The van der Waals surface area contributed by atoms with Gasteiger partial charge in [0, 0.05) is 39.3 Å². The van der Waals surface area contributed by atoms with Crippen LogP contribution in [0.15, 0.2) is 0 Å². The number of nitrogens with zero attached hydrogens (tertiary/aromatic N) is 3. The molecule has 7 heteroatoms. The van der Waals surface area contributed by atoms with Crippen molar-refractivity contribution >= 4 is 23.2 Å². The maximum absolute atomic E-state index is 12.4. The SMILES string of the molecule is CCC(C(N)=S)N1CCN(C(=O)N2CCOCC2)CC1. The first-order chi connectivity index (χ1) is 9.63. The first-order valence-electron chi connectivity index (χ1n) is 7.28. The fraction of sp³-hybridized carbons (Fsp3) is 0.846. The van der Waals surface area contributed by atoms with Crippen LogP contribution in [0.25, 0.3) is 0 Å². The molecule has 2 heterocycles. The van der Waals surface area contributed by atoms with Crippen molar-refractivity contribution in [3.63, 3.8) is 0 Å². The van der Waals surface area contributed by atoms with Gasteiger partial charge in [0.15, 0.2) is 0 Å². The summed E-state index contributed by atoms with van der Waals surface area (Å²) in [6.07, 6.45) is 0.923. The van der Waals surface area contributed by atoms with Crippen LogP contribution in [-0.4, -0.2) is 84.2 Å². The summed E-state index contributed by atoms with van der Waals surface area (Å²) in [4.78, 5) is 19.0. The summed E-state index contributed by atoms with van der Waals surface area (Å²) in [6.45, 7) is 7.95. The van der Waals surface area contributed by atoms with Crippen molar-refractivity contribution in [2.75, 3.05) is 52.5 Å². The molecule has 2 saturated heterocycles. The molecule has 2 amide bonds. The fourth-order valence-corrected chi connectivity index (χ4v) is 3.13. The van der Waals surface area contributed by atoms with Crippen molar-refractivity contribution in [1.29, 1.82) is 0 Å². The van der Waals surface area contributed by atoms with Gasteiger partial charge in [-0.3, -0.25) is 4.90 Å². The van der Waals surface area contributed by atoms with Crippen molar-refractivity contribution in [2.24, 2.45) is 5.73 Å². The van der Waals surface area contributed by atoms with Gasteiger partial charge in [-0.05, 0) is 6.42 Å². The molecule has 2 aliphatic rings. The Hall–Kier alpha value is -0.920. The van der Waals surface area contributed by atoms with Gasteiger partial charge in [0.1, 0.15) is 0 Å². The molecule has 2 fully saturated rings. The minimum Gasteiger partial charge on any atom is -0.392 e. The quantitative estimate of drug-likeness (QED) is 0.750. The van der Waals surface area contributed by atoms with Crippen molar-refractivity contribution in [2.45, 2.75) is 19.4 Å². The highest BCUT2D eigenvalue weighted by Crippen LogP contribution is 2.12. The van der Waals surface area contributed by atoms with E-state index in [-0.39, 0.29) is 12.1 Å². The van der Waals surface area contributed by atoms with E-state index in [0.717, 1.165) is 32.6 Å². The second-order valence-electron chi connectivity index (χ2n) is 5.23. The van der Waals surface area contributed by atoms with Crippen molar-refractivity contribution in [3.05, 3.63) is 0 Å². The number of amides is 2. The lowest BCUT2D eigenvalue weighted by Gasteiger charge is -2.40. The zero-order valence-electron chi connectivity index (χ0n) is 12.1. The van der Waals surface area contributed by atoms with Crippen LogP contribution in [0.5, 0.6) is 0 Å². The normalized spacial score (nSPS) is 22.6. The van der Waals surface area contributed by atoms with E-state index in [1.807, 2.05) is 9.80 Å². The highest BCUT2D eigenvalue weighted by Gasteiger charge is 2.29. The zero-order valence-corrected chi connectivity index (χ0v) is 12.9. The number of urea groups is 1. The van der Waals surface area contributed by atoms with Gasteiger partial charge in [0.25, 0.3) is 0 Å². The van der Waals surface area contributed by atoms with Crippen LogP contribution in [0.4, 0.5) is 4.79 Å². The number of carbonyl (C=O) groups is 1. The first-order valence-corrected chi connectivity index (χ1v) is 7.69. The Balaban J connectivity index is 1.84. The van der Waals surface area contributed by atoms with Crippen LogP contribution in [0, 0.1) is 0 Å². The van der Waals surface area contributed by atoms with Gasteiger partial charge < -0.3 is 20.3 Å². The Morgan fingerprint density at radius 2 is 1.70 bits per heavy atom. The largest absolute Gasteiger partial charge is 0.392 e. The maximum Gasteiger partial charge on any atom is 0.320 e. The minimum absolute atomic E-state index is 0.135. The molecule has 1 unspecified atom stereocenters. The topological polar surface area (TPSA) is 62.0 Å². The molecule has 114 valence electrons. The van der Waals surface area contributed by atoms with E-state index in [2.05, 4.69) is 11.8 Å². The molecule has 2 aliphatic heterocycles. The number of rotatable bonds is 3. The molecule has 0 aliphatic carbocycles. The van der Waals surface area contributed by atoms with E-state index in [0.29, 0.717) is 31.3 Å². The maximum atomic E-state index is 12.4. The number of morpholine rings is 1. The lowest BCUT2D eigenvalue weighted by Crippen LogP contribution is -2.57. The third-order valence-corrected chi connectivity index (χ3v) is 4.29. The van der Waals surface area contributed by atoms with Gasteiger partial charge in [0.05, 0.1) is 24.2 Å². The molecule has 1 atom stereocenters. The van der Waals surface area contributed by atoms with E-state index >= 15 is 0 Å². The summed E-state index contributed by atoms with van der Waals surface area (Å²) in [5, 5.41) is 0. The summed E-state index contributed by atoms with van der Waals surface area (Å²) in [7, 11) is 0. The number of nitrogens with two attached hydrogens (primary N) is 1. The lowest BCUT2D eigenvalue weighted by atomic mass is 10.1. The van der Waals surface area contributed by atoms with Crippen LogP contribution >= 0.6 is 12.2 Å². The number of thiocarbonyl (C=S) groups is 1. The molecular formula is C13H24N4O2S. The van der Waals surface area contributed by atoms with E-state index in [4.69, 9.17) is 22.7 Å². The Morgan fingerprint density at radius 1 is 1.15 bits per heavy atom. The first kappa shape index (κ1) is 15.5. The number of carbonyl (C=O) groups excluding carboxylic acids is 1. The summed E-state index contributed by atoms with van der Waals surface area (Å²) < 4.78 is 5.28. The molecule has 0 aromatic carbocycles. The number of ether oxygens (including phenoxy) is 1. The molecule has 0 saturated carbocycles. The Bertz CT molecular complexity index is 352. The zero-order chi connectivity index (χ0) is 14.5. The van der Waals surface area contributed by atoms with E-state index in [9.17, 15) is 4.79 Å². The van der Waals surface area contributed by atoms with Crippen LogP contribution in [0.1, 0.15) is 13.3 Å². The van der Waals surface area contributed by atoms with Gasteiger partial charge in [-0.1, -0.05) is 19.1 Å². The summed E-state index contributed by atoms with van der Waals surface area (Å²) in [5.74, 6) is 0. The molecule has 0 radical (unpaired) electrons. The molecule has 0 aromatic heterocycles. The Labute approximate surface area is 125 Å². The third kappa shape index (κ3) is 3.59. The molecular weight excluding hydrogens is 276 g/mol. The van der Waals surface area contributed by atoms with Gasteiger partial charge >= 0.3 is 6.03 Å². The molecule has 0 bridgehead atoms. The summed E-state index contributed by atoms with van der Waals surface area (Å²) in [5.41, 5.74) is 5.78. The number of hydrogen-bond donors (Lipinski definition) is 1. The molecule has 20 heavy (non-hydrogen) atoms. The predicted molar refractivity (Wildman–Crippen MR) is 81.8 cm³/mol. The highest BCUT2D eigenvalue weighted by atomic mass is 32.1. The van der Waals surface area contributed by atoms with Crippen molar-refractivity contribution < 1.29 is 9.53 Å². The average molecular weight is 300 g/mol. The molecule has 6 nitrogen and oxygen atoms in total. The highest BCUT2D eigenvalue weighted by molar-refractivity contribution is 7.80. The monoisotopic (exact) mass is 300 g/mol. The molecule has 2 N–H and O–H groups in total. The van der Waals surface area contributed by atoms with Crippen LogP contribution in [0.3, 0.4) is 0 Å². The second kappa shape index (κ2) is 7.19. The smallest absolute Gasteiger partial charge is 0.320 e. The second-order valence-corrected chi connectivity index (χ2v) is 5.70. The number of hydrogen-bond acceptors (Lipinski definition) is 4. The fourth-order valence-electron chi connectivity index (χ4n) is 2.82. The minimum atomic E-state index is 0.135. The standard InChI is InChI=1S/C13H24N4O2S/c1-2-11(12(14)20)15-3-5-16(6-4-15)13(18)17-7-9-19-10-8-17/h11H,2-10H2,1H3,(H2,14,20). The van der Waals surface area contributed by atoms with E-state index in [1.165, 1.54) is 0 Å².